The number of aliphatic hydroxyl groups is 1. The molecule has 0 bridgehead atoms. The third-order valence-corrected chi connectivity index (χ3v) is 2.46. The highest BCUT2D eigenvalue weighted by molar-refractivity contribution is 4.76. The molecule has 0 aromatic heterocycles. The maximum absolute atomic E-state index is 12.9. The average Bonchev–Trinajstić information content (AvgIpc) is 1.95. The molecule has 3 atom stereocenters. The standard InChI is InChI=1S/C8H15FO/c1-6-2-3-7(5-10)4-8(6)9/h6-8,10H,2-5H2,1H3/t6?,7-,8-/m0/s1. The second-order valence-electron chi connectivity index (χ2n) is 3.35. The first kappa shape index (κ1) is 7.99. The van der Waals surface area contributed by atoms with E-state index in [0.717, 1.165) is 12.8 Å². The van der Waals surface area contributed by atoms with E-state index in [2.05, 4.69) is 0 Å². The van der Waals surface area contributed by atoms with Crippen molar-refractivity contribution in [2.24, 2.45) is 11.8 Å². The van der Waals surface area contributed by atoms with Gasteiger partial charge in [0.1, 0.15) is 6.17 Å². The van der Waals surface area contributed by atoms with Gasteiger partial charge in [-0.2, -0.15) is 0 Å². The molecule has 0 aromatic carbocycles. The second kappa shape index (κ2) is 3.33. The molecule has 60 valence electrons. The van der Waals surface area contributed by atoms with Gasteiger partial charge in [-0.05, 0) is 31.1 Å². The third-order valence-electron chi connectivity index (χ3n) is 2.46. The van der Waals surface area contributed by atoms with Crippen LogP contribution in [-0.4, -0.2) is 17.9 Å². The van der Waals surface area contributed by atoms with Crippen LogP contribution in [0.5, 0.6) is 0 Å². The molecule has 1 saturated carbocycles. The molecule has 1 aliphatic carbocycles. The summed E-state index contributed by atoms with van der Waals surface area (Å²) in [6.45, 7) is 2.10. The highest BCUT2D eigenvalue weighted by Gasteiger charge is 2.26. The van der Waals surface area contributed by atoms with E-state index in [1.807, 2.05) is 6.92 Å². The average molecular weight is 146 g/mol. The Hall–Kier alpha value is -0.110. The molecule has 0 spiro atoms. The van der Waals surface area contributed by atoms with E-state index in [1.54, 1.807) is 0 Å². The Morgan fingerprint density at radius 3 is 2.70 bits per heavy atom. The van der Waals surface area contributed by atoms with E-state index in [1.165, 1.54) is 0 Å². The molecule has 0 amide bonds. The molecule has 1 nitrogen and oxygen atoms in total. The van der Waals surface area contributed by atoms with Gasteiger partial charge in [0.25, 0.3) is 0 Å². The fourth-order valence-electron chi connectivity index (χ4n) is 1.51. The molecule has 0 saturated heterocycles. The van der Waals surface area contributed by atoms with E-state index in [0.29, 0.717) is 6.42 Å². The van der Waals surface area contributed by atoms with Crippen molar-refractivity contribution in [3.05, 3.63) is 0 Å². The molecule has 2 heteroatoms. The molecule has 0 radical (unpaired) electrons. The second-order valence-corrected chi connectivity index (χ2v) is 3.35. The molecule has 1 unspecified atom stereocenters. The number of hydrogen-bond acceptors (Lipinski definition) is 1. The van der Waals surface area contributed by atoms with Crippen LogP contribution >= 0.6 is 0 Å². The summed E-state index contributed by atoms with van der Waals surface area (Å²) in [5.41, 5.74) is 0. The predicted octanol–water partition coefficient (Wildman–Crippen LogP) is 1.75. The quantitative estimate of drug-likeness (QED) is 0.597. The van der Waals surface area contributed by atoms with Crippen molar-refractivity contribution in [2.45, 2.75) is 32.4 Å². The monoisotopic (exact) mass is 146 g/mol. The Morgan fingerprint density at radius 2 is 2.20 bits per heavy atom. The molecule has 1 aliphatic rings. The summed E-state index contributed by atoms with van der Waals surface area (Å²) in [5.74, 6) is 0.439. The van der Waals surface area contributed by atoms with E-state index in [4.69, 9.17) is 5.11 Å². The number of hydrogen-bond donors (Lipinski definition) is 1. The van der Waals surface area contributed by atoms with E-state index in [-0.39, 0.29) is 18.4 Å². The Bertz CT molecular complexity index is 105. The van der Waals surface area contributed by atoms with Gasteiger partial charge in [-0.25, -0.2) is 4.39 Å². The van der Waals surface area contributed by atoms with Crippen molar-refractivity contribution >= 4 is 0 Å². The highest BCUT2D eigenvalue weighted by atomic mass is 19.1. The smallest absolute Gasteiger partial charge is 0.103 e. The van der Waals surface area contributed by atoms with Crippen LogP contribution < -0.4 is 0 Å². The van der Waals surface area contributed by atoms with Gasteiger partial charge in [0.05, 0.1) is 0 Å². The molecule has 1 rings (SSSR count). The number of halogens is 1. The lowest BCUT2D eigenvalue weighted by atomic mass is 9.82. The van der Waals surface area contributed by atoms with Gasteiger partial charge in [0, 0.05) is 6.61 Å². The zero-order valence-electron chi connectivity index (χ0n) is 6.39. The summed E-state index contributed by atoms with van der Waals surface area (Å²) in [6.07, 6.45) is 1.83. The Balaban J connectivity index is 2.33. The van der Waals surface area contributed by atoms with Crippen LogP contribution in [0.3, 0.4) is 0 Å². The van der Waals surface area contributed by atoms with Gasteiger partial charge < -0.3 is 5.11 Å². The zero-order valence-corrected chi connectivity index (χ0v) is 6.39. The molecule has 0 heterocycles. The fourth-order valence-corrected chi connectivity index (χ4v) is 1.51. The first-order chi connectivity index (χ1) is 4.74. The maximum atomic E-state index is 12.9. The van der Waals surface area contributed by atoms with Gasteiger partial charge in [0.2, 0.25) is 0 Å². The van der Waals surface area contributed by atoms with E-state index >= 15 is 0 Å². The van der Waals surface area contributed by atoms with Crippen LogP contribution in [0.15, 0.2) is 0 Å². The molecule has 1 N–H and O–H groups in total. The molecule has 0 aliphatic heterocycles. The Morgan fingerprint density at radius 1 is 1.50 bits per heavy atom. The minimum atomic E-state index is -0.675. The van der Waals surface area contributed by atoms with Gasteiger partial charge in [-0.1, -0.05) is 6.92 Å². The van der Waals surface area contributed by atoms with Gasteiger partial charge in [-0.3, -0.25) is 0 Å². The summed E-state index contributed by atoms with van der Waals surface area (Å²) in [4.78, 5) is 0. The number of alkyl halides is 1. The SMILES string of the molecule is CC1CC[C@H](CO)C[C@@H]1F. The van der Waals surface area contributed by atoms with Crippen LogP contribution in [0, 0.1) is 11.8 Å². The van der Waals surface area contributed by atoms with E-state index in [9.17, 15) is 4.39 Å². The number of aliphatic hydroxyl groups excluding tert-OH is 1. The molecule has 10 heavy (non-hydrogen) atoms. The van der Waals surface area contributed by atoms with Crippen LogP contribution in [0.1, 0.15) is 26.2 Å². The summed E-state index contributed by atoms with van der Waals surface area (Å²) < 4.78 is 12.9. The summed E-state index contributed by atoms with van der Waals surface area (Å²) in [5, 5.41) is 8.73. The van der Waals surface area contributed by atoms with Crippen LogP contribution in [0.25, 0.3) is 0 Å². The highest BCUT2D eigenvalue weighted by Crippen LogP contribution is 2.30. The lowest BCUT2D eigenvalue weighted by Gasteiger charge is -2.27. The lowest BCUT2D eigenvalue weighted by molar-refractivity contribution is 0.0982. The first-order valence-corrected chi connectivity index (χ1v) is 3.99. The van der Waals surface area contributed by atoms with Crippen molar-refractivity contribution in [1.29, 1.82) is 0 Å². The minimum absolute atomic E-state index is 0.160. The summed E-state index contributed by atoms with van der Waals surface area (Å²) in [7, 11) is 0. The largest absolute Gasteiger partial charge is 0.396 e. The lowest BCUT2D eigenvalue weighted by Crippen LogP contribution is -2.25. The summed E-state index contributed by atoms with van der Waals surface area (Å²) in [6, 6.07) is 0. The fraction of sp³-hybridized carbons (Fsp3) is 1.00. The van der Waals surface area contributed by atoms with Crippen LogP contribution in [-0.2, 0) is 0 Å². The van der Waals surface area contributed by atoms with Crippen molar-refractivity contribution < 1.29 is 9.50 Å². The molecule has 1 fully saturated rings. The zero-order chi connectivity index (χ0) is 7.56. The predicted molar refractivity (Wildman–Crippen MR) is 38.5 cm³/mol. The van der Waals surface area contributed by atoms with Crippen molar-refractivity contribution in [2.75, 3.05) is 6.61 Å². The minimum Gasteiger partial charge on any atom is -0.396 e. The Kier molecular flexibility index (Phi) is 2.66. The Labute approximate surface area is 61.2 Å². The van der Waals surface area contributed by atoms with Crippen LogP contribution in [0.2, 0.25) is 0 Å². The maximum Gasteiger partial charge on any atom is 0.103 e. The topological polar surface area (TPSA) is 20.2 Å². The van der Waals surface area contributed by atoms with Crippen molar-refractivity contribution in [3.8, 4) is 0 Å². The molecular weight excluding hydrogens is 131 g/mol. The normalized spacial score (nSPS) is 41.7. The molecular formula is C8H15FO. The van der Waals surface area contributed by atoms with Gasteiger partial charge >= 0.3 is 0 Å². The molecule has 0 aromatic rings. The third kappa shape index (κ3) is 1.69. The van der Waals surface area contributed by atoms with Gasteiger partial charge in [0.15, 0.2) is 0 Å². The number of rotatable bonds is 1. The van der Waals surface area contributed by atoms with Crippen molar-refractivity contribution in [3.63, 3.8) is 0 Å². The van der Waals surface area contributed by atoms with Crippen LogP contribution in [0.4, 0.5) is 4.39 Å². The van der Waals surface area contributed by atoms with Gasteiger partial charge in [-0.15, -0.1) is 0 Å². The summed E-state index contributed by atoms with van der Waals surface area (Å²) >= 11 is 0. The first-order valence-electron chi connectivity index (χ1n) is 3.99. The van der Waals surface area contributed by atoms with E-state index < -0.39 is 6.17 Å². The van der Waals surface area contributed by atoms with Crippen molar-refractivity contribution in [1.82, 2.24) is 0 Å².